The normalized spacial score (nSPS) is 13.7. The summed E-state index contributed by atoms with van der Waals surface area (Å²) in [6, 6.07) is 44.5. The van der Waals surface area contributed by atoms with E-state index in [1.165, 1.54) is 0 Å². The van der Waals surface area contributed by atoms with Crippen molar-refractivity contribution in [2.45, 2.75) is 0 Å². The average Bonchev–Trinajstić information content (AvgIpc) is 3.15. The summed E-state index contributed by atoms with van der Waals surface area (Å²) >= 11 is 14.0. The van der Waals surface area contributed by atoms with Crippen molar-refractivity contribution in [2.24, 2.45) is 0 Å². The van der Waals surface area contributed by atoms with E-state index in [1.54, 1.807) is 24.3 Å². The first-order valence-electron chi connectivity index (χ1n) is 15.4. The Bertz CT molecular complexity index is 1960. The van der Waals surface area contributed by atoms with Crippen LogP contribution in [-0.2, 0) is 9.13 Å². The summed E-state index contributed by atoms with van der Waals surface area (Å²) < 4.78 is 45.1. The fourth-order valence-corrected chi connectivity index (χ4v) is 12.3. The summed E-state index contributed by atoms with van der Waals surface area (Å²) in [6.45, 7) is 0.363. The first kappa shape index (κ1) is 32.3. The van der Waals surface area contributed by atoms with Gasteiger partial charge in [0, 0.05) is 43.0 Å². The molecule has 0 N–H and O–H groups in total. The molecule has 0 unspecified atom stereocenters. The highest BCUT2D eigenvalue weighted by molar-refractivity contribution is 7.86. The van der Waals surface area contributed by atoms with Crippen LogP contribution in [0.4, 0.5) is 0 Å². The van der Waals surface area contributed by atoms with E-state index in [0.717, 1.165) is 0 Å². The van der Waals surface area contributed by atoms with E-state index >= 15 is 9.13 Å². The van der Waals surface area contributed by atoms with Gasteiger partial charge in [-0.25, -0.2) is 0 Å². The van der Waals surface area contributed by atoms with Crippen molar-refractivity contribution >= 4 is 69.3 Å². The van der Waals surface area contributed by atoms with Crippen LogP contribution in [0.2, 0.25) is 10.0 Å². The summed E-state index contributed by atoms with van der Waals surface area (Å²) in [7, 11) is -7.29. The van der Waals surface area contributed by atoms with Gasteiger partial charge < -0.3 is 18.6 Å². The predicted octanol–water partition coefficient (Wildman–Crippen LogP) is 8.27. The lowest BCUT2D eigenvalue weighted by atomic mass is 10.0. The molecule has 0 saturated carbocycles. The molecule has 1 aliphatic heterocycles. The highest BCUT2D eigenvalue weighted by Crippen LogP contribution is 2.55. The van der Waals surface area contributed by atoms with Crippen molar-refractivity contribution in [1.82, 2.24) is 0 Å². The van der Waals surface area contributed by atoms with Gasteiger partial charge in [0.1, 0.15) is 24.7 Å². The molecule has 0 spiro atoms. The third kappa shape index (κ3) is 5.64. The Hall–Kier alpha value is -4.30. The van der Waals surface area contributed by atoms with Crippen molar-refractivity contribution in [3.05, 3.63) is 168 Å². The largest absolute Gasteiger partial charge is 0.487 e. The highest BCUT2D eigenvalue weighted by Gasteiger charge is 2.40. The van der Waals surface area contributed by atoms with E-state index in [9.17, 15) is 0 Å². The molecule has 0 radical (unpaired) electrons. The Balaban J connectivity index is 1.68. The van der Waals surface area contributed by atoms with E-state index in [0.29, 0.717) is 64.5 Å². The molecule has 4 nitrogen and oxygen atoms in total. The molecule has 48 heavy (non-hydrogen) atoms. The van der Waals surface area contributed by atoms with Crippen molar-refractivity contribution in [3.63, 3.8) is 0 Å². The van der Waals surface area contributed by atoms with Crippen molar-refractivity contribution in [3.8, 4) is 22.6 Å². The lowest BCUT2D eigenvalue weighted by molar-refractivity contribution is 0.347. The summed E-state index contributed by atoms with van der Waals surface area (Å²) in [5, 5.41) is 4.03. The number of hydrogen-bond donors (Lipinski definition) is 0. The maximum atomic E-state index is 16.1. The Morgan fingerprint density at radius 2 is 0.708 bits per heavy atom. The molecular weight excluding hydrogens is 677 g/mol. The second-order valence-corrected chi connectivity index (χ2v) is 17.5. The van der Waals surface area contributed by atoms with E-state index < -0.39 is 14.3 Å². The fraction of sp³-hybridized carbons (Fsp3) is 0.0500. The van der Waals surface area contributed by atoms with Gasteiger partial charge >= 0.3 is 0 Å². The van der Waals surface area contributed by atoms with E-state index in [2.05, 4.69) is 0 Å². The standard InChI is InChI=1S/C40H30Cl2O4P2/c41-33-23-25-35(47(43,29-15-5-1-6-16-29)30-17-7-2-8-18-30)37-38-36(26-24-34(42)40(38)46-28-14-13-27-45-39(33)37)48(44,31-19-9-3-10-20-31)32-21-11-4-12-22-32/h1-26H,27-28H2/b14-13-. The molecule has 6 aromatic carbocycles. The molecule has 0 atom stereocenters. The molecule has 0 amide bonds. The second kappa shape index (κ2) is 13.7. The zero-order valence-electron chi connectivity index (χ0n) is 25.7. The van der Waals surface area contributed by atoms with Gasteiger partial charge in [0.15, 0.2) is 14.3 Å². The number of hydrogen-bond acceptors (Lipinski definition) is 4. The third-order valence-corrected chi connectivity index (χ3v) is 15.2. The van der Waals surface area contributed by atoms with Gasteiger partial charge in [0.2, 0.25) is 0 Å². The Morgan fingerprint density at radius 1 is 0.417 bits per heavy atom. The van der Waals surface area contributed by atoms with Crippen LogP contribution in [0.25, 0.3) is 11.1 Å². The maximum absolute atomic E-state index is 16.1. The summed E-state index contributed by atoms with van der Waals surface area (Å²) in [4.78, 5) is 0. The number of halogens is 2. The number of rotatable bonds is 6. The predicted molar refractivity (Wildman–Crippen MR) is 201 cm³/mol. The van der Waals surface area contributed by atoms with Crippen LogP contribution in [0.15, 0.2) is 158 Å². The van der Waals surface area contributed by atoms with Crippen molar-refractivity contribution in [2.75, 3.05) is 13.2 Å². The van der Waals surface area contributed by atoms with Gasteiger partial charge in [-0.3, -0.25) is 0 Å². The first-order chi connectivity index (χ1) is 23.4. The average molecular weight is 708 g/mol. The molecule has 238 valence electrons. The minimum absolute atomic E-state index is 0.181. The summed E-state index contributed by atoms with van der Waals surface area (Å²) in [5.74, 6) is 0.600. The molecule has 1 aliphatic rings. The van der Waals surface area contributed by atoms with Crippen LogP contribution in [0.1, 0.15) is 0 Å². The number of benzene rings is 6. The fourth-order valence-electron chi connectivity index (χ4n) is 6.19. The quantitative estimate of drug-likeness (QED) is 0.129. The van der Waals surface area contributed by atoms with Gasteiger partial charge in [-0.05, 0) is 36.4 Å². The molecule has 8 heteroatoms. The van der Waals surface area contributed by atoms with E-state index in [1.807, 2.05) is 133 Å². The molecule has 0 saturated heterocycles. The molecule has 0 bridgehead atoms. The molecular formula is C40H30Cl2O4P2. The molecule has 0 fully saturated rings. The monoisotopic (exact) mass is 706 g/mol. The lowest BCUT2D eigenvalue weighted by Crippen LogP contribution is -2.30. The van der Waals surface area contributed by atoms with Crippen LogP contribution in [0.5, 0.6) is 11.5 Å². The molecule has 0 aromatic heterocycles. The summed E-state index contributed by atoms with van der Waals surface area (Å²) in [5.41, 5.74) is 0.849. The maximum Gasteiger partial charge on any atom is 0.171 e. The Kier molecular flexibility index (Phi) is 9.19. The van der Waals surface area contributed by atoms with Gasteiger partial charge in [-0.2, -0.15) is 0 Å². The van der Waals surface area contributed by atoms with E-state index in [-0.39, 0.29) is 13.2 Å². The topological polar surface area (TPSA) is 52.6 Å². The number of ether oxygens (including phenoxy) is 2. The summed E-state index contributed by atoms with van der Waals surface area (Å²) in [6.07, 6.45) is 3.67. The van der Waals surface area contributed by atoms with Gasteiger partial charge in [0.05, 0.1) is 10.0 Å². The van der Waals surface area contributed by atoms with Crippen molar-refractivity contribution in [1.29, 1.82) is 0 Å². The minimum Gasteiger partial charge on any atom is -0.487 e. The molecule has 6 aromatic rings. The van der Waals surface area contributed by atoms with Crippen LogP contribution in [0, 0.1) is 0 Å². The zero-order valence-corrected chi connectivity index (χ0v) is 29.0. The molecule has 0 aliphatic carbocycles. The van der Waals surface area contributed by atoms with Crippen LogP contribution in [0.3, 0.4) is 0 Å². The first-order valence-corrected chi connectivity index (χ1v) is 19.6. The SMILES string of the molecule is O=P(c1ccccc1)(c1ccccc1)c1ccc(Cl)c2c1-c1c(P(=O)(c3ccccc3)c3ccccc3)ccc(Cl)c1OC/C=C\CO2. The third-order valence-electron chi connectivity index (χ3n) is 8.40. The highest BCUT2D eigenvalue weighted by atomic mass is 35.5. The van der Waals surface area contributed by atoms with Crippen LogP contribution in [-0.4, -0.2) is 13.2 Å². The minimum atomic E-state index is -3.65. The van der Waals surface area contributed by atoms with Gasteiger partial charge in [-0.15, -0.1) is 0 Å². The zero-order chi connectivity index (χ0) is 33.1. The molecule has 1 heterocycles. The van der Waals surface area contributed by atoms with Gasteiger partial charge in [-0.1, -0.05) is 145 Å². The lowest BCUT2D eigenvalue weighted by Gasteiger charge is -2.30. The smallest absolute Gasteiger partial charge is 0.171 e. The Morgan fingerprint density at radius 3 is 1.00 bits per heavy atom. The van der Waals surface area contributed by atoms with Crippen LogP contribution >= 0.6 is 37.5 Å². The van der Waals surface area contributed by atoms with Crippen molar-refractivity contribution < 1.29 is 18.6 Å². The van der Waals surface area contributed by atoms with E-state index in [4.69, 9.17) is 32.7 Å². The van der Waals surface area contributed by atoms with Gasteiger partial charge in [0.25, 0.3) is 0 Å². The molecule has 7 rings (SSSR count). The Labute approximate surface area is 290 Å². The number of fused-ring (bicyclic) bond motifs is 3. The van der Waals surface area contributed by atoms with Crippen LogP contribution < -0.4 is 41.3 Å². The second-order valence-electron chi connectivity index (χ2n) is 11.2.